The Morgan fingerprint density at radius 2 is 1.85 bits per heavy atom. The van der Waals surface area contributed by atoms with Crippen LogP contribution in [-0.4, -0.2) is 26.0 Å². The van der Waals surface area contributed by atoms with Crippen LogP contribution in [0.25, 0.3) is 5.69 Å². The molecule has 2 aliphatic rings. The summed E-state index contributed by atoms with van der Waals surface area (Å²) in [6.45, 7) is 3.19. The molecule has 1 saturated heterocycles. The standard InChI is InChI=1S/C18H15F3N2O4/c1-16-6-11(24)17(2,27-16)13-12(16)14(25)23(15(13)26)9-4-3-8(7-22)10(5-9)18(19,20)21/h3-5,11,24-26H,6H2,1-2H3/t11-,16+,17-/m0/s1. The van der Waals surface area contributed by atoms with Crippen molar-refractivity contribution in [2.45, 2.75) is 43.8 Å². The maximum Gasteiger partial charge on any atom is 0.417 e. The summed E-state index contributed by atoms with van der Waals surface area (Å²) in [6, 6.07) is 4.35. The van der Waals surface area contributed by atoms with Crippen LogP contribution in [0.2, 0.25) is 0 Å². The lowest BCUT2D eigenvalue weighted by atomic mass is 9.78. The summed E-state index contributed by atoms with van der Waals surface area (Å²) < 4.78 is 46.5. The number of aromatic hydroxyl groups is 2. The minimum absolute atomic E-state index is 0.152. The maximum atomic E-state index is 13.3. The Morgan fingerprint density at radius 3 is 2.44 bits per heavy atom. The molecular weight excluding hydrogens is 365 g/mol. The molecule has 2 bridgehead atoms. The van der Waals surface area contributed by atoms with E-state index in [1.165, 1.54) is 12.1 Å². The molecule has 0 radical (unpaired) electrons. The molecule has 1 aromatic carbocycles. The van der Waals surface area contributed by atoms with Gasteiger partial charge in [0.05, 0.1) is 45.7 Å². The average molecular weight is 380 g/mol. The first kappa shape index (κ1) is 17.7. The summed E-state index contributed by atoms with van der Waals surface area (Å²) in [6.07, 6.45) is -5.55. The fourth-order valence-corrected chi connectivity index (χ4v) is 4.28. The number of hydrogen-bond donors (Lipinski definition) is 3. The molecular formula is C18H15F3N2O4. The molecule has 0 unspecified atom stereocenters. The van der Waals surface area contributed by atoms with E-state index < -0.39 is 46.4 Å². The van der Waals surface area contributed by atoms with Crippen molar-refractivity contribution >= 4 is 0 Å². The molecule has 2 aliphatic heterocycles. The topological polar surface area (TPSA) is 98.6 Å². The molecule has 3 N–H and O–H groups in total. The number of benzene rings is 1. The smallest absolute Gasteiger partial charge is 0.417 e. The van der Waals surface area contributed by atoms with Crippen LogP contribution < -0.4 is 0 Å². The number of alkyl halides is 3. The van der Waals surface area contributed by atoms with E-state index in [0.29, 0.717) is 6.07 Å². The molecule has 27 heavy (non-hydrogen) atoms. The van der Waals surface area contributed by atoms with Crippen LogP contribution in [0.5, 0.6) is 11.8 Å². The zero-order chi connectivity index (χ0) is 19.9. The van der Waals surface area contributed by atoms with Gasteiger partial charge in [0.25, 0.3) is 0 Å². The Morgan fingerprint density at radius 1 is 1.22 bits per heavy atom. The van der Waals surface area contributed by atoms with Crippen molar-refractivity contribution in [3.63, 3.8) is 0 Å². The van der Waals surface area contributed by atoms with Crippen LogP contribution in [0, 0.1) is 11.3 Å². The summed E-state index contributed by atoms with van der Waals surface area (Å²) in [7, 11) is 0. The summed E-state index contributed by atoms with van der Waals surface area (Å²) in [5.41, 5.74) is -3.86. The number of halogens is 3. The van der Waals surface area contributed by atoms with Gasteiger partial charge in [-0.2, -0.15) is 18.4 Å². The third-order valence-corrected chi connectivity index (χ3v) is 5.49. The van der Waals surface area contributed by atoms with E-state index in [0.717, 1.165) is 10.6 Å². The van der Waals surface area contributed by atoms with Gasteiger partial charge in [-0.05, 0) is 32.0 Å². The number of aliphatic hydroxyl groups is 1. The van der Waals surface area contributed by atoms with E-state index in [9.17, 15) is 28.5 Å². The van der Waals surface area contributed by atoms with Crippen molar-refractivity contribution in [1.82, 2.24) is 4.57 Å². The number of hydrogen-bond acceptors (Lipinski definition) is 5. The fourth-order valence-electron chi connectivity index (χ4n) is 4.28. The van der Waals surface area contributed by atoms with Crippen molar-refractivity contribution in [2.75, 3.05) is 0 Å². The molecule has 0 saturated carbocycles. The Bertz CT molecular complexity index is 1020. The molecule has 3 heterocycles. The highest BCUT2D eigenvalue weighted by molar-refractivity contribution is 5.62. The molecule has 4 rings (SSSR count). The molecule has 0 amide bonds. The lowest BCUT2D eigenvalue weighted by molar-refractivity contribution is -0.137. The predicted octanol–water partition coefficient (Wildman–Crippen LogP) is 3.00. The third kappa shape index (κ3) is 2.08. The van der Waals surface area contributed by atoms with Crippen LogP contribution in [-0.2, 0) is 22.1 Å². The Balaban J connectivity index is 1.98. The van der Waals surface area contributed by atoms with E-state index in [1.54, 1.807) is 13.8 Å². The molecule has 3 atom stereocenters. The van der Waals surface area contributed by atoms with Crippen LogP contribution in [0.4, 0.5) is 13.2 Å². The van der Waals surface area contributed by atoms with Gasteiger partial charge in [-0.1, -0.05) is 0 Å². The number of rotatable bonds is 1. The summed E-state index contributed by atoms with van der Waals surface area (Å²) in [4.78, 5) is 0. The Kier molecular flexibility index (Phi) is 3.26. The first-order chi connectivity index (χ1) is 12.4. The van der Waals surface area contributed by atoms with Crippen molar-refractivity contribution in [3.8, 4) is 23.5 Å². The minimum Gasteiger partial charge on any atom is -0.494 e. The van der Waals surface area contributed by atoms with Gasteiger partial charge in [0.2, 0.25) is 11.8 Å². The lowest BCUT2D eigenvalue weighted by Crippen LogP contribution is -2.32. The number of aliphatic hydroxyl groups excluding tert-OH is 1. The third-order valence-electron chi connectivity index (χ3n) is 5.49. The molecule has 9 heteroatoms. The van der Waals surface area contributed by atoms with Crippen molar-refractivity contribution in [3.05, 3.63) is 40.5 Å². The van der Waals surface area contributed by atoms with Gasteiger partial charge in [-0.3, -0.25) is 4.57 Å². The second kappa shape index (κ2) is 4.97. The van der Waals surface area contributed by atoms with E-state index in [1.807, 2.05) is 0 Å². The largest absolute Gasteiger partial charge is 0.494 e. The van der Waals surface area contributed by atoms with Crippen LogP contribution in [0.3, 0.4) is 0 Å². The van der Waals surface area contributed by atoms with Gasteiger partial charge in [-0.25, -0.2) is 0 Å². The highest BCUT2D eigenvalue weighted by Crippen LogP contribution is 2.64. The summed E-state index contributed by atoms with van der Waals surface area (Å²) >= 11 is 0. The van der Waals surface area contributed by atoms with Crippen LogP contribution in [0.1, 0.15) is 42.5 Å². The van der Waals surface area contributed by atoms with E-state index in [2.05, 4.69) is 0 Å². The van der Waals surface area contributed by atoms with Gasteiger partial charge in [0, 0.05) is 6.42 Å². The van der Waals surface area contributed by atoms with E-state index >= 15 is 0 Å². The van der Waals surface area contributed by atoms with Crippen molar-refractivity contribution in [2.24, 2.45) is 0 Å². The van der Waals surface area contributed by atoms with E-state index in [4.69, 9.17) is 10.00 Å². The molecule has 0 spiro atoms. The van der Waals surface area contributed by atoms with Gasteiger partial charge in [0.1, 0.15) is 5.60 Å². The SMILES string of the molecule is C[C@]12C[C@H](O)[C@](C)(O1)c1c2c(O)n(-c2ccc(C#N)c(C(F)(F)F)c2)c1O. The van der Waals surface area contributed by atoms with Crippen LogP contribution >= 0.6 is 0 Å². The molecule has 2 aromatic rings. The quantitative estimate of drug-likeness (QED) is 0.706. The maximum absolute atomic E-state index is 13.3. The molecule has 1 aromatic heterocycles. The van der Waals surface area contributed by atoms with Crippen molar-refractivity contribution in [1.29, 1.82) is 5.26 Å². The van der Waals surface area contributed by atoms with Gasteiger partial charge < -0.3 is 20.1 Å². The monoisotopic (exact) mass is 380 g/mol. The van der Waals surface area contributed by atoms with Crippen LogP contribution in [0.15, 0.2) is 18.2 Å². The number of ether oxygens (including phenoxy) is 1. The fraction of sp³-hybridized carbons (Fsp3) is 0.389. The zero-order valence-corrected chi connectivity index (χ0v) is 14.3. The highest BCUT2D eigenvalue weighted by atomic mass is 19.4. The number of nitrogens with zero attached hydrogens (tertiary/aromatic N) is 2. The lowest BCUT2D eigenvalue weighted by Gasteiger charge is -2.25. The number of fused-ring (bicyclic) bond motifs is 5. The number of nitriles is 1. The highest BCUT2D eigenvalue weighted by Gasteiger charge is 2.64. The second-order valence-corrected chi connectivity index (χ2v) is 7.23. The predicted molar refractivity (Wildman–Crippen MR) is 85.2 cm³/mol. The van der Waals surface area contributed by atoms with Gasteiger partial charge in [-0.15, -0.1) is 0 Å². The molecule has 1 fully saturated rings. The average Bonchev–Trinajstić information content (AvgIpc) is 3.07. The zero-order valence-electron chi connectivity index (χ0n) is 14.3. The summed E-state index contributed by atoms with van der Waals surface area (Å²) in [5, 5.41) is 40.6. The van der Waals surface area contributed by atoms with E-state index in [-0.39, 0.29) is 23.2 Å². The molecule has 0 aliphatic carbocycles. The minimum atomic E-state index is -4.78. The normalized spacial score (nSPS) is 29.0. The molecule has 142 valence electrons. The summed E-state index contributed by atoms with van der Waals surface area (Å²) in [5.74, 6) is -0.969. The second-order valence-electron chi connectivity index (χ2n) is 7.23. The number of aromatic nitrogens is 1. The first-order valence-corrected chi connectivity index (χ1v) is 8.11. The Labute approximate surface area is 151 Å². The molecule has 6 nitrogen and oxygen atoms in total. The Hall–Kier alpha value is -2.70. The van der Waals surface area contributed by atoms with Gasteiger partial charge in [0.15, 0.2) is 0 Å². The first-order valence-electron chi connectivity index (χ1n) is 8.11. The van der Waals surface area contributed by atoms with Crippen molar-refractivity contribution < 1.29 is 33.2 Å². The van der Waals surface area contributed by atoms with Gasteiger partial charge >= 0.3 is 6.18 Å².